The van der Waals surface area contributed by atoms with Crippen molar-refractivity contribution in [2.75, 3.05) is 13.7 Å². The van der Waals surface area contributed by atoms with Gasteiger partial charge in [-0.05, 0) is 30.5 Å². The molecular formula is C18H20F3NO4. The van der Waals surface area contributed by atoms with Gasteiger partial charge in [-0.25, -0.2) is 4.79 Å². The smallest absolute Gasteiger partial charge is 0.416 e. The van der Waals surface area contributed by atoms with E-state index in [9.17, 15) is 22.8 Å². The van der Waals surface area contributed by atoms with E-state index in [1.807, 2.05) is 13.8 Å². The zero-order chi connectivity index (χ0) is 19.5. The van der Waals surface area contributed by atoms with E-state index in [0.717, 1.165) is 12.1 Å². The number of halogens is 3. The van der Waals surface area contributed by atoms with Gasteiger partial charge in [0.2, 0.25) is 0 Å². The summed E-state index contributed by atoms with van der Waals surface area (Å²) >= 11 is 0. The van der Waals surface area contributed by atoms with Crippen LogP contribution in [0.3, 0.4) is 0 Å². The molecule has 0 saturated carbocycles. The highest BCUT2D eigenvalue weighted by Crippen LogP contribution is 2.32. The van der Waals surface area contributed by atoms with Gasteiger partial charge in [-0.15, -0.1) is 0 Å². The second-order valence-corrected chi connectivity index (χ2v) is 6.37. The Balaban J connectivity index is 2.13. The van der Waals surface area contributed by atoms with Gasteiger partial charge < -0.3 is 14.4 Å². The Labute approximate surface area is 149 Å². The maximum Gasteiger partial charge on any atom is 0.416 e. The molecule has 0 radical (unpaired) electrons. The Morgan fingerprint density at radius 3 is 2.58 bits per heavy atom. The maximum absolute atomic E-state index is 12.8. The van der Waals surface area contributed by atoms with Gasteiger partial charge >= 0.3 is 12.1 Å². The van der Waals surface area contributed by atoms with Crippen LogP contribution < -0.4 is 4.74 Å². The van der Waals surface area contributed by atoms with Crippen molar-refractivity contribution in [1.29, 1.82) is 0 Å². The highest BCUT2D eigenvalue weighted by molar-refractivity contribution is 5.94. The predicted molar refractivity (Wildman–Crippen MR) is 87.1 cm³/mol. The molecule has 8 heteroatoms. The summed E-state index contributed by atoms with van der Waals surface area (Å²) in [5.41, 5.74) is -0.843. The summed E-state index contributed by atoms with van der Waals surface area (Å²) < 4.78 is 48.5. The molecule has 1 aromatic carbocycles. The zero-order valence-electron chi connectivity index (χ0n) is 14.7. The molecule has 0 spiro atoms. The van der Waals surface area contributed by atoms with Gasteiger partial charge in [-0.1, -0.05) is 19.9 Å². The number of nitrogens with zero attached hydrogens (tertiary/aromatic N) is 1. The summed E-state index contributed by atoms with van der Waals surface area (Å²) in [5.74, 6) is -0.699. The zero-order valence-corrected chi connectivity index (χ0v) is 14.7. The Kier molecular flexibility index (Phi) is 5.94. The minimum Gasteiger partial charge on any atom is -0.467 e. The Morgan fingerprint density at radius 1 is 1.31 bits per heavy atom. The summed E-state index contributed by atoms with van der Waals surface area (Å²) in [6.45, 7) is 3.80. The first kappa shape index (κ1) is 19.8. The maximum atomic E-state index is 12.8. The number of amides is 1. The lowest BCUT2D eigenvalue weighted by Gasteiger charge is -2.27. The SMILES string of the molecule is COC(=O)C(CC(C)C)N1CC(Oc2cccc(C(F)(F)F)c2)=CC1=O. The summed E-state index contributed by atoms with van der Waals surface area (Å²) in [5, 5.41) is 0. The molecule has 1 unspecified atom stereocenters. The summed E-state index contributed by atoms with van der Waals surface area (Å²) in [4.78, 5) is 25.5. The van der Waals surface area contributed by atoms with Gasteiger partial charge in [0.15, 0.2) is 0 Å². The van der Waals surface area contributed by atoms with Crippen molar-refractivity contribution >= 4 is 11.9 Å². The molecule has 1 aromatic rings. The number of rotatable bonds is 6. The van der Waals surface area contributed by atoms with E-state index in [4.69, 9.17) is 9.47 Å². The van der Waals surface area contributed by atoms with Crippen LogP contribution in [0.25, 0.3) is 0 Å². The highest BCUT2D eigenvalue weighted by atomic mass is 19.4. The first-order valence-electron chi connectivity index (χ1n) is 8.06. The Morgan fingerprint density at radius 2 is 2.00 bits per heavy atom. The topological polar surface area (TPSA) is 55.8 Å². The van der Waals surface area contributed by atoms with Crippen molar-refractivity contribution < 1.29 is 32.2 Å². The molecule has 0 fully saturated rings. The molecular weight excluding hydrogens is 351 g/mol. The van der Waals surface area contributed by atoms with E-state index in [1.165, 1.54) is 30.2 Å². The molecule has 2 rings (SSSR count). The monoisotopic (exact) mass is 371 g/mol. The number of ether oxygens (including phenoxy) is 2. The lowest BCUT2D eigenvalue weighted by Crippen LogP contribution is -2.44. The number of hydrogen-bond acceptors (Lipinski definition) is 4. The Bertz CT molecular complexity index is 713. The van der Waals surface area contributed by atoms with Crippen molar-refractivity contribution in [2.45, 2.75) is 32.5 Å². The molecule has 5 nitrogen and oxygen atoms in total. The third-order valence-corrected chi connectivity index (χ3v) is 3.85. The molecule has 0 saturated heterocycles. The average Bonchev–Trinajstić information content (AvgIpc) is 2.91. The van der Waals surface area contributed by atoms with Crippen molar-refractivity contribution in [2.24, 2.45) is 5.92 Å². The van der Waals surface area contributed by atoms with Crippen molar-refractivity contribution in [1.82, 2.24) is 4.90 Å². The number of benzene rings is 1. The first-order chi connectivity index (χ1) is 12.1. The summed E-state index contributed by atoms with van der Waals surface area (Å²) in [6, 6.07) is 3.62. The molecule has 1 aliphatic heterocycles. The molecule has 1 aliphatic rings. The van der Waals surface area contributed by atoms with Crippen LogP contribution in [0.2, 0.25) is 0 Å². The van der Waals surface area contributed by atoms with Crippen LogP contribution >= 0.6 is 0 Å². The van der Waals surface area contributed by atoms with E-state index in [2.05, 4.69) is 0 Å². The number of alkyl halides is 3. The fourth-order valence-corrected chi connectivity index (χ4v) is 2.66. The van der Waals surface area contributed by atoms with Crippen LogP contribution in [-0.2, 0) is 20.5 Å². The molecule has 1 atom stereocenters. The second kappa shape index (κ2) is 7.80. The average molecular weight is 371 g/mol. The van der Waals surface area contributed by atoms with Gasteiger partial charge in [0.05, 0.1) is 19.2 Å². The van der Waals surface area contributed by atoms with Crippen LogP contribution in [0.15, 0.2) is 36.1 Å². The van der Waals surface area contributed by atoms with Crippen LogP contribution in [0.5, 0.6) is 5.75 Å². The highest BCUT2D eigenvalue weighted by Gasteiger charge is 2.35. The van der Waals surface area contributed by atoms with E-state index in [1.54, 1.807) is 0 Å². The van der Waals surface area contributed by atoms with Gasteiger partial charge in [-0.2, -0.15) is 13.2 Å². The standard InChI is InChI=1S/C18H20F3NO4/c1-11(2)7-15(17(24)25-3)22-10-14(9-16(22)23)26-13-6-4-5-12(8-13)18(19,20)21/h4-6,8-9,11,15H,7,10H2,1-3H3. The van der Waals surface area contributed by atoms with E-state index >= 15 is 0 Å². The fourth-order valence-electron chi connectivity index (χ4n) is 2.66. The number of hydrogen-bond donors (Lipinski definition) is 0. The third-order valence-electron chi connectivity index (χ3n) is 3.85. The van der Waals surface area contributed by atoms with Gasteiger partial charge in [0.1, 0.15) is 17.6 Å². The van der Waals surface area contributed by atoms with Gasteiger partial charge in [0.25, 0.3) is 5.91 Å². The molecule has 26 heavy (non-hydrogen) atoms. The van der Waals surface area contributed by atoms with E-state index < -0.39 is 29.7 Å². The molecule has 0 bridgehead atoms. The predicted octanol–water partition coefficient (Wildman–Crippen LogP) is 3.40. The number of carbonyl (C=O) groups is 2. The quantitative estimate of drug-likeness (QED) is 0.720. The third kappa shape index (κ3) is 4.77. The van der Waals surface area contributed by atoms with Gasteiger partial charge in [-0.3, -0.25) is 4.79 Å². The molecule has 142 valence electrons. The lowest BCUT2D eigenvalue weighted by molar-refractivity contribution is -0.151. The van der Waals surface area contributed by atoms with Crippen LogP contribution in [0, 0.1) is 5.92 Å². The molecule has 0 N–H and O–H groups in total. The number of carbonyl (C=O) groups excluding carboxylic acids is 2. The summed E-state index contributed by atoms with van der Waals surface area (Å²) in [7, 11) is 1.24. The molecule has 0 aliphatic carbocycles. The Hall–Kier alpha value is -2.51. The summed E-state index contributed by atoms with van der Waals surface area (Å²) in [6.07, 6.45) is -2.90. The fraction of sp³-hybridized carbons (Fsp3) is 0.444. The number of esters is 1. The minimum absolute atomic E-state index is 0.0123. The molecule has 1 heterocycles. The van der Waals surface area contributed by atoms with Crippen molar-refractivity contribution in [3.05, 3.63) is 41.7 Å². The van der Waals surface area contributed by atoms with Crippen LogP contribution in [-0.4, -0.2) is 36.5 Å². The van der Waals surface area contributed by atoms with Gasteiger partial charge in [0, 0.05) is 6.08 Å². The number of methoxy groups -OCH3 is 1. The largest absolute Gasteiger partial charge is 0.467 e. The normalized spacial score (nSPS) is 15.9. The first-order valence-corrected chi connectivity index (χ1v) is 8.06. The molecule has 1 amide bonds. The minimum atomic E-state index is -4.49. The molecule has 0 aromatic heterocycles. The van der Waals surface area contributed by atoms with Crippen molar-refractivity contribution in [3.8, 4) is 5.75 Å². The van der Waals surface area contributed by atoms with E-state index in [0.29, 0.717) is 6.42 Å². The van der Waals surface area contributed by atoms with E-state index in [-0.39, 0.29) is 24.0 Å². The van der Waals surface area contributed by atoms with Crippen LogP contribution in [0.4, 0.5) is 13.2 Å². The van der Waals surface area contributed by atoms with Crippen LogP contribution in [0.1, 0.15) is 25.8 Å². The van der Waals surface area contributed by atoms with Crippen molar-refractivity contribution in [3.63, 3.8) is 0 Å². The second-order valence-electron chi connectivity index (χ2n) is 6.37. The lowest BCUT2D eigenvalue weighted by atomic mass is 10.0.